The van der Waals surface area contributed by atoms with Crippen LogP contribution in [0.15, 0.2) is 137 Å². The molecule has 9 heteroatoms. The third-order valence-corrected chi connectivity index (χ3v) is 10.7. The fraction of sp³-hybridized carbons (Fsp3) is 0.211. The minimum absolute atomic E-state index is 0.00983. The maximum absolute atomic E-state index is 12.9. The van der Waals surface area contributed by atoms with Crippen LogP contribution in [0.2, 0.25) is 0 Å². The molecular weight excluding hydrogens is 631 g/mol. The topological polar surface area (TPSA) is 94.1 Å². The molecule has 5 aromatic rings. The Morgan fingerprint density at radius 2 is 1.49 bits per heavy atom. The molecule has 0 aromatic heterocycles. The van der Waals surface area contributed by atoms with Crippen molar-refractivity contribution in [3.8, 4) is 16.9 Å². The molecule has 0 amide bonds. The zero-order chi connectivity index (χ0) is 32.6. The Bertz CT molecular complexity index is 1870. The van der Waals surface area contributed by atoms with Crippen LogP contribution < -0.4 is 9.46 Å². The van der Waals surface area contributed by atoms with Crippen LogP contribution in [-0.4, -0.2) is 32.5 Å². The highest BCUT2D eigenvalue weighted by Gasteiger charge is 2.32. The van der Waals surface area contributed by atoms with E-state index in [1.807, 2.05) is 91.0 Å². The Hall–Kier alpha value is -3.96. The van der Waals surface area contributed by atoms with Crippen LogP contribution in [0.3, 0.4) is 0 Å². The van der Waals surface area contributed by atoms with Gasteiger partial charge in [0.1, 0.15) is 5.75 Å². The van der Waals surface area contributed by atoms with Gasteiger partial charge in [0.25, 0.3) is 0 Å². The lowest BCUT2D eigenvalue weighted by molar-refractivity contribution is -0.245. The van der Waals surface area contributed by atoms with Gasteiger partial charge in [-0.05, 0) is 52.1 Å². The molecule has 3 atom stereocenters. The van der Waals surface area contributed by atoms with Gasteiger partial charge >= 0.3 is 0 Å². The highest BCUT2D eigenvalue weighted by atomic mass is 32.2. The second-order valence-corrected chi connectivity index (χ2v) is 14.1. The number of ether oxygens (including phenoxy) is 3. The van der Waals surface area contributed by atoms with E-state index in [-0.39, 0.29) is 30.3 Å². The number of benzene rings is 5. The number of methoxy groups -OCH3 is 1. The van der Waals surface area contributed by atoms with E-state index >= 15 is 0 Å². The Morgan fingerprint density at radius 3 is 2.23 bits per heavy atom. The van der Waals surface area contributed by atoms with E-state index in [4.69, 9.17) is 14.2 Å². The number of rotatable bonds is 12. The molecule has 0 aliphatic carbocycles. The average molecular weight is 668 g/mol. The molecule has 2 N–H and O–H groups in total. The lowest BCUT2D eigenvalue weighted by Gasteiger charge is -2.36. The summed E-state index contributed by atoms with van der Waals surface area (Å²) >= 11 is 1.70. The van der Waals surface area contributed by atoms with Gasteiger partial charge in [-0.25, -0.2) is 13.1 Å². The van der Waals surface area contributed by atoms with Gasteiger partial charge < -0.3 is 19.3 Å². The Balaban J connectivity index is 1.21. The number of sulfonamides is 1. The third kappa shape index (κ3) is 8.13. The van der Waals surface area contributed by atoms with E-state index in [1.165, 1.54) is 0 Å². The minimum atomic E-state index is -3.65. The van der Waals surface area contributed by atoms with E-state index < -0.39 is 16.3 Å². The quantitative estimate of drug-likeness (QED) is 0.132. The molecule has 7 nitrogen and oxygen atoms in total. The first-order chi connectivity index (χ1) is 22.9. The largest absolute Gasteiger partial charge is 0.496 e. The fourth-order valence-corrected chi connectivity index (χ4v) is 7.65. The van der Waals surface area contributed by atoms with Crippen molar-refractivity contribution in [2.45, 2.75) is 47.9 Å². The number of aliphatic hydroxyl groups is 1. The van der Waals surface area contributed by atoms with Gasteiger partial charge in [-0.1, -0.05) is 103 Å². The normalized spacial score (nSPS) is 18.1. The van der Waals surface area contributed by atoms with Crippen molar-refractivity contribution < 1.29 is 27.7 Å². The first kappa shape index (κ1) is 33.0. The van der Waals surface area contributed by atoms with Crippen molar-refractivity contribution in [1.82, 2.24) is 4.72 Å². The Labute approximate surface area is 280 Å². The van der Waals surface area contributed by atoms with E-state index in [2.05, 4.69) is 10.8 Å². The number of thioether (sulfide) groups is 1. The fourth-order valence-electron chi connectivity index (χ4n) is 5.58. The maximum Gasteiger partial charge on any atom is 0.240 e. The Morgan fingerprint density at radius 1 is 0.809 bits per heavy atom. The maximum atomic E-state index is 12.9. The van der Waals surface area contributed by atoms with Crippen LogP contribution in [0.5, 0.6) is 5.75 Å². The van der Waals surface area contributed by atoms with Crippen molar-refractivity contribution in [3.05, 3.63) is 150 Å². The average Bonchev–Trinajstić information content (AvgIpc) is 3.13. The molecule has 1 aliphatic rings. The number of hydrogen-bond acceptors (Lipinski definition) is 7. The van der Waals surface area contributed by atoms with Gasteiger partial charge in [0.2, 0.25) is 10.0 Å². The standard InChI is InChI=1S/C38H37NO6S2/c1-43-35-13-7-8-14-37(35)46-26-32-23-36(29-17-15-27(25-40)16-18-29)45-38(44-32)30-21-19-28(20-22-30)34-12-6-5-9-31(34)24-39-47(41,42)33-10-3-2-4-11-33/h2-22,32,36,38-40H,23-26H2,1H3/t32-,36+,38+/m0/s1. The molecule has 0 radical (unpaired) electrons. The summed E-state index contributed by atoms with van der Waals surface area (Å²) in [6.45, 7) is 0.149. The molecule has 0 bridgehead atoms. The molecule has 47 heavy (non-hydrogen) atoms. The SMILES string of the molecule is COc1ccccc1SC[C@@H]1C[C@H](c2ccc(CO)cc2)O[C@H](c2ccc(-c3ccccc3CNS(=O)(=O)c3ccccc3)cc2)O1. The molecular formula is C38H37NO6S2. The molecule has 0 saturated carbocycles. The summed E-state index contributed by atoms with van der Waals surface area (Å²) in [7, 11) is -1.97. The number of hydrogen-bond donors (Lipinski definition) is 2. The van der Waals surface area contributed by atoms with Gasteiger partial charge in [-0.3, -0.25) is 0 Å². The molecule has 1 heterocycles. The van der Waals surface area contributed by atoms with Crippen molar-refractivity contribution in [1.29, 1.82) is 0 Å². The monoisotopic (exact) mass is 667 g/mol. The summed E-state index contributed by atoms with van der Waals surface area (Å²) in [5.41, 5.74) is 5.53. The molecule has 1 aliphatic heterocycles. The highest BCUT2D eigenvalue weighted by Crippen LogP contribution is 2.41. The van der Waals surface area contributed by atoms with Gasteiger partial charge in [0, 0.05) is 29.2 Å². The summed E-state index contributed by atoms with van der Waals surface area (Å²) in [6.07, 6.45) is -0.190. The second kappa shape index (κ2) is 15.3. The highest BCUT2D eigenvalue weighted by molar-refractivity contribution is 7.99. The summed E-state index contributed by atoms with van der Waals surface area (Å²) in [6, 6.07) is 40.0. The zero-order valence-corrected chi connectivity index (χ0v) is 27.6. The van der Waals surface area contributed by atoms with E-state index in [9.17, 15) is 13.5 Å². The summed E-state index contributed by atoms with van der Waals surface area (Å²) in [4.78, 5) is 1.29. The Kier molecular flexibility index (Phi) is 10.7. The molecule has 242 valence electrons. The summed E-state index contributed by atoms with van der Waals surface area (Å²) in [5.74, 6) is 1.55. The van der Waals surface area contributed by atoms with Crippen LogP contribution in [0.25, 0.3) is 11.1 Å². The smallest absolute Gasteiger partial charge is 0.240 e. The van der Waals surface area contributed by atoms with Crippen LogP contribution in [0.4, 0.5) is 0 Å². The first-order valence-electron chi connectivity index (χ1n) is 15.4. The molecule has 5 aromatic carbocycles. The van der Waals surface area contributed by atoms with E-state index in [1.54, 1.807) is 49.2 Å². The zero-order valence-electron chi connectivity index (χ0n) is 26.0. The van der Waals surface area contributed by atoms with E-state index in [0.29, 0.717) is 6.42 Å². The summed E-state index contributed by atoms with van der Waals surface area (Å²) < 4.78 is 47.1. The van der Waals surface area contributed by atoms with Crippen LogP contribution in [-0.2, 0) is 32.6 Å². The predicted molar refractivity (Wildman–Crippen MR) is 184 cm³/mol. The van der Waals surface area contributed by atoms with Crippen LogP contribution in [0, 0.1) is 0 Å². The van der Waals surface area contributed by atoms with Gasteiger partial charge in [-0.2, -0.15) is 0 Å². The molecule has 0 spiro atoms. The minimum Gasteiger partial charge on any atom is -0.496 e. The first-order valence-corrected chi connectivity index (χ1v) is 17.9. The molecule has 1 fully saturated rings. The lowest BCUT2D eigenvalue weighted by Crippen LogP contribution is -2.31. The van der Waals surface area contributed by atoms with Crippen LogP contribution >= 0.6 is 11.8 Å². The third-order valence-electron chi connectivity index (χ3n) is 8.13. The number of para-hydroxylation sites is 1. The van der Waals surface area contributed by atoms with Crippen molar-refractivity contribution in [2.24, 2.45) is 0 Å². The van der Waals surface area contributed by atoms with Gasteiger partial charge in [-0.15, -0.1) is 11.8 Å². The molecule has 1 saturated heterocycles. The number of aliphatic hydroxyl groups excluding tert-OH is 1. The second-order valence-electron chi connectivity index (χ2n) is 11.2. The molecule has 6 rings (SSSR count). The van der Waals surface area contributed by atoms with E-state index in [0.717, 1.165) is 49.8 Å². The van der Waals surface area contributed by atoms with Crippen molar-refractivity contribution >= 4 is 21.8 Å². The van der Waals surface area contributed by atoms with Crippen molar-refractivity contribution in [2.75, 3.05) is 12.9 Å². The number of nitrogens with one attached hydrogen (secondary N) is 1. The van der Waals surface area contributed by atoms with Crippen LogP contribution in [0.1, 0.15) is 41.1 Å². The lowest BCUT2D eigenvalue weighted by atomic mass is 9.98. The molecule has 0 unspecified atom stereocenters. The summed E-state index contributed by atoms with van der Waals surface area (Å²) in [5, 5.41) is 9.53. The van der Waals surface area contributed by atoms with Gasteiger partial charge in [0.05, 0.1) is 30.8 Å². The van der Waals surface area contributed by atoms with Gasteiger partial charge in [0.15, 0.2) is 6.29 Å². The predicted octanol–water partition coefficient (Wildman–Crippen LogP) is 7.67. The van der Waals surface area contributed by atoms with Crippen molar-refractivity contribution in [3.63, 3.8) is 0 Å².